The maximum Gasteiger partial charge on any atom is 0.303 e. The summed E-state index contributed by atoms with van der Waals surface area (Å²) in [4.78, 5) is 91.0. The summed E-state index contributed by atoms with van der Waals surface area (Å²) in [6.07, 6.45) is -4.07. The Morgan fingerprint density at radius 3 is 2.09 bits per heavy atom. The SMILES string of the molecule is CCC1=C(C)c2cc3[nH]c(cc4nc(c(C)c5cc(C)c(cc1n2)[nH]5)[C@@H](CCC(=O)NCCOCCO[C@@H]1O[C@H](COC(C)=O)[C@@H](OC(C)=O)[C@H](OC(C)=O)[C@H]1OC(C)=O)[C@@H]4C)c(C)c3C=O. The van der Waals surface area contributed by atoms with Gasteiger partial charge in [-0.15, -0.1) is 0 Å². The highest BCUT2D eigenvalue weighted by molar-refractivity contribution is 5.96. The molecule has 0 saturated carbocycles. The molecule has 3 aromatic rings. The largest absolute Gasteiger partial charge is 0.463 e. The number of hydrogen-bond acceptors (Lipinski definition) is 15. The summed E-state index contributed by atoms with van der Waals surface area (Å²) in [6, 6.07) is 8.16. The molecule has 0 aliphatic carbocycles. The third kappa shape index (κ3) is 11.8. The number of rotatable bonds is 17. The topological polar surface area (TPSA) is 236 Å². The number of ether oxygens (including phenoxy) is 7. The Morgan fingerprint density at radius 1 is 0.761 bits per heavy atom. The van der Waals surface area contributed by atoms with Crippen molar-refractivity contribution in [2.45, 2.75) is 131 Å². The van der Waals surface area contributed by atoms with Gasteiger partial charge in [-0.1, -0.05) is 13.8 Å². The molecular weight excluding hydrogens is 867 g/mol. The monoisotopic (exact) mass is 927 g/mol. The molecule has 0 spiro atoms. The van der Waals surface area contributed by atoms with Crippen molar-refractivity contribution in [2.75, 3.05) is 33.0 Å². The molecule has 3 N–H and O–H groups in total. The minimum absolute atomic E-state index is 0.0296. The van der Waals surface area contributed by atoms with Gasteiger partial charge >= 0.3 is 23.9 Å². The van der Waals surface area contributed by atoms with Crippen LogP contribution < -0.4 is 5.32 Å². The zero-order valence-electron chi connectivity index (χ0n) is 39.8. The first-order valence-electron chi connectivity index (χ1n) is 22.5. The maximum atomic E-state index is 13.3. The van der Waals surface area contributed by atoms with Gasteiger partial charge in [-0.05, 0) is 92.6 Å². The third-order valence-corrected chi connectivity index (χ3v) is 12.3. The molecule has 8 bridgehead atoms. The number of fused-ring (bicyclic) bond motifs is 8. The number of H-pyrrole nitrogens is 2. The highest BCUT2D eigenvalue weighted by atomic mass is 16.7. The smallest absolute Gasteiger partial charge is 0.303 e. The number of amides is 1. The lowest BCUT2D eigenvalue weighted by Crippen LogP contribution is -2.63. The second-order valence-corrected chi connectivity index (χ2v) is 17.0. The molecule has 360 valence electrons. The van der Waals surface area contributed by atoms with Gasteiger partial charge in [0.05, 0.1) is 36.7 Å². The lowest BCUT2D eigenvalue weighted by molar-refractivity contribution is -0.309. The van der Waals surface area contributed by atoms with E-state index in [9.17, 15) is 28.8 Å². The molecule has 18 nitrogen and oxygen atoms in total. The van der Waals surface area contributed by atoms with Gasteiger partial charge in [0.1, 0.15) is 12.7 Å². The fourth-order valence-electron chi connectivity index (χ4n) is 8.85. The molecule has 18 heteroatoms. The maximum absolute atomic E-state index is 13.3. The van der Waals surface area contributed by atoms with E-state index >= 15 is 0 Å². The van der Waals surface area contributed by atoms with E-state index in [0.717, 1.165) is 101 Å². The number of aromatic nitrogens is 4. The quantitative estimate of drug-likeness (QED) is 0.0584. The molecule has 0 unspecified atom stereocenters. The Bertz CT molecular complexity index is 2600. The first-order chi connectivity index (χ1) is 31.9. The molecule has 0 aromatic carbocycles. The van der Waals surface area contributed by atoms with Crippen LogP contribution in [0, 0.1) is 20.8 Å². The van der Waals surface area contributed by atoms with E-state index in [1.807, 2.05) is 19.1 Å². The highest BCUT2D eigenvalue weighted by Gasteiger charge is 2.52. The van der Waals surface area contributed by atoms with E-state index in [0.29, 0.717) is 17.5 Å². The van der Waals surface area contributed by atoms with Crippen LogP contribution in [0.2, 0.25) is 0 Å². The third-order valence-electron chi connectivity index (χ3n) is 12.3. The Balaban J connectivity index is 1.12. The second-order valence-electron chi connectivity index (χ2n) is 17.0. The normalized spacial score (nSPS) is 21.4. The number of allylic oxidation sites excluding steroid dienone is 2. The number of carbonyl (C=O) groups excluding carboxylic acids is 6. The van der Waals surface area contributed by atoms with E-state index < -0.39 is 54.6 Å². The van der Waals surface area contributed by atoms with Crippen molar-refractivity contribution in [3.8, 4) is 0 Å². The van der Waals surface area contributed by atoms with Gasteiger partial charge in [-0.2, -0.15) is 0 Å². The summed E-state index contributed by atoms with van der Waals surface area (Å²) >= 11 is 0. The molecular formula is C49H61N5O13. The molecule has 3 aliphatic rings. The number of carbonyl (C=O) groups is 6. The standard InChI is InChI=1S/C49H61N5O13/c1-11-33-25(3)39-21-42-35(22-55)27(5)38(53-42)20-40-26(4)34(45(54-40)28(6)37-18-24(2)36(51-37)19-41(33)52-39)12-13-44(60)50-14-15-61-16-17-62-49-48(66-32(10)59)47(65-31(9)58)46(64-30(8)57)43(67-49)23-63-29(7)56/h18-22,26,34,43,46-49,51,53H,11-17,23H2,1-10H3,(H,50,60)/t26-,34-,43+,46+,47-,48+,49+/m0/s1. The number of nitrogens with one attached hydrogen (secondary N) is 3. The summed E-state index contributed by atoms with van der Waals surface area (Å²) in [5.41, 5.74) is 12.4. The summed E-state index contributed by atoms with van der Waals surface area (Å²) in [6.45, 7) is 16.8. The predicted octanol–water partition coefficient (Wildman–Crippen LogP) is 6.29. The molecule has 7 atom stereocenters. The van der Waals surface area contributed by atoms with E-state index in [4.69, 9.17) is 43.1 Å². The first kappa shape index (κ1) is 50.2. The molecule has 67 heavy (non-hydrogen) atoms. The number of aldehydes is 1. The van der Waals surface area contributed by atoms with Crippen LogP contribution in [-0.2, 0) is 57.1 Å². The lowest BCUT2D eigenvalue weighted by atomic mass is 9.86. The van der Waals surface area contributed by atoms with Crippen molar-refractivity contribution in [3.05, 3.63) is 69.3 Å². The number of aryl methyl sites for hydroxylation is 3. The molecule has 1 amide bonds. The van der Waals surface area contributed by atoms with Crippen molar-refractivity contribution in [2.24, 2.45) is 0 Å². The zero-order valence-corrected chi connectivity index (χ0v) is 39.8. The molecule has 1 saturated heterocycles. The summed E-state index contributed by atoms with van der Waals surface area (Å²) < 4.78 is 38.9. The van der Waals surface area contributed by atoms with Crippen molar-refractivity contribution >= 4 is 69.3 Å². The summed E-state index contributed by atoms with van der Waals surface area (Å²) in [5, 5.41) is 2.93. The van der Waals surface area contributed by atoms with Crippen LogP contribution in [0.3, 0.4) is 0 Å². The zero-order chi connectivity index (χ0) is 48.7. The highest BCUT2D eigenvalue weighted by Crippen LogP contribution is 2.42. The molecule has 3 aromatic heterocycles. The van der Waals surface area contributed by atoms with E-state index in [-0.39, 0.29) is 57.1 Å². The predicted molar refractivity (Wildman–Crippen MR) is 246 cm³/mol. The van der Waals surface area contributed by atoms with Crippen LogP contribution in [0.1, 0.15) is 129 Å². The van der Waals surface area contributed by atoms with Crippen LogP contribution in [0.5, 0.6) is 0 Å². The van der Waals surface area contributed by atoms with Gasteiger partial charge in [0.15, 0.2) is 30.9 Å². The van der Waals surface area contributed by atoms with E-state index in [1.165, 1.54) is 6.92 Å². The van der Waals surface area contributed by atoms with Crippen LogP contribution in [-0.4, -0.2) is 120 Å². The Labute approximate surface area is 388 Å². The summed E-state index contributed by atoms with van der Waals surface area (Å²) in [5.74, 6) is -3.18. The molecule has 0 radical (unpaired) electrons. The van der Waals surface area contributed by atoms with Crippen LogP contribution in [0.25, 0.3) is 33.2 Å². The summed E-state index contributed by atoms with van der Waals surface area (Å²) in [7, 11) is 0. The second kappa shape index (κ2) is 22.0. The van der Waals surface area contributed by atoms with Gasteiger partial charge in [0, 0.05) is 86.0 Å². The van der Waals surface area contributed by atoms with E-state index in [1.54, 1.807) is 0 Å². The average Bonchev–Trinajstić information content (AvgIpc) is 3.97. The lowest BCUT2D eigenvalue weighted by Gasteiger charge is -2.44. The Kier molecular flexibility index (Phi) is 16.5. The molecule has 1 fully saturated rings. The minimum atomic E-state index is -1.36. The average molecular weight is 928 g/mol. The van der Waals surface area contributed by atoms with Crippen molar-refractivity contribution in [1.82, 2.24) is 25.3 Å². The number of hydrogen-bond donors (Lipinski definition) is 3. The van der Waals surface area contributed by atoms with Crippen molar-refractivity contribution in [1.29, 1.82) is 0 Å². The Morgan fingerprint density at radius 2 is 1.42 bits per heavy atom. The van der Waals surface area contributed by atoms with Gasteiger partial charge < -0.3 is 48.4 Å². The van der Waals surface area contributed by atoms with Gasteiger partial charge in [-0.3, -0.25) is 33.8 Å². The fraction of sp³-hybridized carbons (Fsp3) is 0.510. The van der Waals surface area contributed by atoms with Gasteiger partial charge in [0.25, 0.3) is 0 Å². The van der Waals surface area contributed by atoms with Gasteiger partial charge in [0.2, 0.25) is 5.91 Å². The van der Waals surface area contributed by atoms with Crippen LogP contribution in [0.4, 0.5) is 0 Å². The number of esters is 4. The van der Waals surface area contributed by atoms with Crippen molar-refractivity contribution in [3.63, 3.8) is 0 Å². The first-order valence-corrected chi connectivity index (χ1v) is 22.5. The van der Waals surface area contributed by atoms with E-state index in [2.05, 4.69) is 62.0 Å². The molecule has 3 aliphatic heterocycles. The van der Waals surface area contributed by atoms with Crippen LogP contribution >= 0.6 is 0 Å². The molecule has 6 rings (SSSR count). The number of aromatic amines is 2. The van der Waals surface area contributed by atoms with Crippen molar-refractivity contribution < 1.29 is 61.9 Å². The fourth-order valence-corrected chi connectivity index (χ4v) is 8.85. The minimum Gasteiger partial charge on any atom is -0.463 e. The number of nitrogens with zero attached hydrogens (tertiary/aromatic N) is 2. The Hall–Kier alpha value is -6.24. The molecule has 6 heterocycles. The van der Waals surface area contributed by atoms with Crippen LogP contribution in [0.15, 0.2) is 24.3 Å². The van der Waals surface area contributed by atoms with Gasteiger partial charge in [-0.25, -0.2) is 4.98 Å².